The summed E-state index contributed by atoms with van der Waals surface area (Å²) in [5.41, 5.74) is 1.54. The highest BCUT2D eigenvalue weighted by Gasteiger charge is 2.05. The number of halogens is 2. The first-order valence-corrected chi connectivity index (χ1v) is 7.17. The lowest BCUT2D eigenvalue weighted by atomic mass is 10.1. The van der Waals surface area contributed by atoms with Crippen LogP contribution in [0.2, 0.25) is 10.0 Å². The molecule has 0 heterocycles. The van der Waals surface area contributed by atoms with Crippen molar-refractivity contribution < 1.29 is 9.53 Å². The highest BCUT2D eigenvalue weighted by atomic mass is 35.5. The van der Waals surface area contributed by atoms with Crippen LogP contribution < -0.4 is 10.1 Å². The third kappa shape index (κ3) is 4.66. The molecule has 2 aromatic rings. The van der Waals surface area contributed by atoms with Gasteiger partial charge in [-0.3, -0.25) is 4.79 Å². The van der Waals surface area contributed by atoms with E-state index in [4.69, 9.17) is 33.2 Å². The standard InChI is InChI=1S/C16H12Cl2N2O2/c17-14-6-5-13(9-15(14)18)22-10-16(21)20-12-3-1-11(2-4-12)7-8-19/h1-6,9H,7,10H2,(H,20,21). The zero-order valence-corrected chi connectivity index (χ0v) is 13.0. The number of anilines is 1. The molecule has 0 unspecified atom stereocenters. The number of carbonyl (C=O) groups is 1. The lowest BCUT2D eigenvalue weighted by Crippen LogP contribution is -2.20. The molecule has 2 aromatic carbocycles. The largest absolute Gasteiger partial charge is 0.484 e. The minimum atomic E-state index is -0.292. The number of nitrogens with zero attached hydrogens (tertiary/aromatic N) is 1. The van der Waals surface area contributed by atoms with Gasteiger partial charge in [-0.15, -0.1) is 0 Å². The van der Waals surface area contributed by atoms with Crippen molar-refractivity contribution in [2.75, 3.05) is 11.9 Å². The Kier molecular flexibility index (Phi) is 5.65. The van der Waals surface area contributed by atoms with Crippen molar-refractivity contribution in [3.05, 3.63) is 58.1 Å². The van der Waals surface area contributed by atoms with Crippen molar-refractivity contribution in [3.8, 4) is 11.8 Å². The molecule has 0 bridgehead atoms. The van der Waals surface area contributed by atoms with Gasteiger partial charge in [0.1, 0.15) is 5.75 Å². The van der Waals surface area contributed by atoms with Gasteiger partial charge in [0.05, 0.1) is 22.5 Å². The molecule has 0 saturated heterocycles. The molecule has 0 aliphatic heterocycles. The maximum absolute atomic E-state index is 11.8. The van der Waals surface area contributed by atoms with Crippen LogP contribution in [0.15, 0.2) is 42.5 Å². The van der Waals surface area contributed by atoms with E-state index in [1.165, 1.54) is 0 Å². The Morgan fingerprint density at radius 3 is 2.50 bits per heavy atom. The quantitative estimate of drug-likeness (QED) is 0.896. The summed E-state index contributed by atoms with van der Waals surface area (Å²) in [6.45, 7) is -0.141. The SMILES string of the molecule is N#CCc1ccc(NC(=O)COc2ccc(Cl)c(Cl)c2)cc1. The molecule has 1 amide bonds. The summed E-state index contributed by atoms with van der Waals surface area (Å²) in [4.78, 5) is 11.8. The lowest BCUT2D eigenvalue weighted by Gasteiger charge is -2.08. The fourth-order valence-electron chi connectivity index (χ4n) is 1.71. The molecule has 112 valence electrons. The first-order valence-electron chi connectivity index (χ1n) is 6.42. The Hall–Kier alpha value is -2.22. The topological polar surface area (TPSA) is 62.1 Å². The number of nitriles is 1. The van der Waals surface area contributed by atoms with Gasteiger partial charge in [-0.05, 0) is 29.8 Å². The third-order valence-electron chi connectivity index (χ3n) is 2.78. The van der Waals surface area contributed by atoms with E-state index in [1.807, 2.05) is 0 Å². The predicted octanol–water partition coefficient (Wildman–Crippen LogP) is 4.08. The van der Waals surface area contributed by atoms with Crippen LogP contribution in [-0.4, -0.2) is 12.5 Å². The monoisotopic (exact) mass is 334 g/mol. The molecule has 6 heteroatoms. The minimum absolute atomic E-state index is 0.141. The van der Waals surface area contributed by atoms with Crippen molar-refractivity contribution in [3.63, 3.8) is 0 Å². The highest BCUT2D eigenvalue weighted by Crippen LogP contribution is 2.26. The summed E-state index contributed by atoms with van der Waals surface area (Å²) in [6.07, 6.45) is 0.342. The van der Waals surface area contributed by atoms with E-state index >= 15 is 0 Å². The molecular weight excluding hydrogens is 323 g/mol. The molecule has 0 radical (unpaired) electrons. The van der Waals surface area contributed by atoms with Gasteiger partial charge in [-0.1, -0.05) is 35.3 Å². The summed E-state index contributed by atoms with van der Waals surface area (Å²) in [6, 6.07) is 13.9. The van der Waals surface area contributed by atoms with Gasteiger partial charge in [0.25, 0.3) is 5.91 Å². The number of amides is 1. The Morgan fingerprint density at radius 2 is 1.86 bits per heavy atom. The van der Waals surface area contributed by atoms with Gasteiger partial charge in [-0.25, -0.2) is 0 Å². The number of rotatable bonds is 5. The first-order chi connectivity index (χ1) is 10.6. The highest BCUT2D eigenvalue weighted by molar-refractivity contribution is 6.42. The van der Waals surface area contributed by atoms with Crippen LogP contribution in [0.1, 0.15) is 5.56 Å². The lowest BCUT2D eigenvalue weighted by molar-refractivity contribution is -0.118. The minimum Gasteiger partial charge on any atom is -0.484 e. The van der Waals surface area contributed by atoms with Crippen LogP contribution in [-0.2, 0) is 11.2 Å². The first kappa shape index (κ1) is 16.2. The van der Waals surface area contributed by atoms with Crippen molar-refractivity contribution in [1.82, 2.24) is 0 Å². The number of carbonyl (C=O) groups excluding carboxylic acids is 1. The van der Waals surface area contributed by atoms with Gasteiger partial charge in [-0.2, -0.15) is 5.26 Å². The molecule has 0 atom stereocenters. The maximum atomic E-state index is 11.8. The van der Waals surface area contributed by atoms with Crippen LogP contribution in [0.25, 0.3) is 0 Å². The molecule has 0 saturated carbocycles. The molecule has 0 aliphatic rings. The summed E-state index contributed by atoms with van der Waals surface area (Å²) in [5, 5.41) is 12.1. The van der Waals surface area contributed by atoms with Crippen LogP contribution in [0, 0.1) is 11.3 Å². The molecule has 22 heavy (non-hydrogen) atoms. The summed E-state index contributed by atoms with van der Waals surface area (Å²) < 4.78 is 5.34. The Labute approximate surface area is 138 Å². The Morgan fingerprint density at radius 1 is 1.14 bits per heavy atom. The zero-order chi connectivity index (χ0) is 15.9. The smallest absolute Gasteiger partial charge is 0.262 e. The molecule has 4 nitrogen and oxygen atoms in total. The molecule has 0 aromatic heterocycles. The molecule has 0 aliphatic carbocycles. The van der Waals surface area contributed by atoms with E-state index in [0.717, 1.165) is 5.56 Å². The number of hydrogen-bond donors (Lipinski definition) is 1. The van der Waals surface area contributed by atoms with Crippen molar-refractivity contribution in [1.29, 1.82) is 5.26 Å². The number of ether oxygens (including phenoxy) is 1. The van der Waals surface area contributed by atoms with Crippen LogP contribution >= 0.6 is 23.2 Å². The fourth-order valence-corrected chi connectivity index (χ4v) is 2.00. The van der Waals surface area contributed by atoms with E-state index in [-0.39, 0.29) is 12.5 Å². The number of nitrogens with one attached hydrogen (secondary N) is 1. The second-order valence-corrected chi connectivity index (χ2v) is 5.26. The Bertz CT molecular complexity index is 709. The van der Waals surface area contributed by atoms with Gasteiger partial charge < -0.3 is 10.1 Å². The molecule has 0 spiro atoms. The Balaban J connectivity index is 1.87. The van der Waals surface area contributed by atoms with Crippen LogP contribution in [0.4, 0.5) is 5.69 Å². The second kappa shape index (κ2) is 7.69. The number of benzene rings is 2. The normalized spacial score (nSPS) is 9.86. The zero-order valence-electron chi connectivity index (χ0n) is 11.5. The van der Waals surface area contributed by atoms with E-state index < -0.39 is 0 Å². The molecule has 0 fully saturated rings. The van der Waals surface area contributed by atoms with E-state index in [0.29, 0.717) is 27.9 Å². The molecule has 1 N–H and O–H groups in total. The van der Waals surface area contributed by atoms with Crippen molar-refractivity contribution in [2.24, 2.45) is 0 Å². The van der Waals surface area contributed by atoms with Crippen molar-refractivity contribution in [2.45, 2.75) is 6.42 Å². The summed E-state index contributed by atoms with van der Waals surface area (Å²) in [5.74, 6) is 0.174. The average Bonchev–Trinajstić information content (AvgIpc) is 2.51. The summed E-state index contributed by atoms with van der Waals surface area (Å²) >= 11 is 11.7. The number of hydrogen-bond acceptors (Lipinski definition) is 3. The summed E-state index contributed by atoms with van der Waals surface area (Å²) in [7, 11) is 0. The van der Waals surface area contributed by atoms with Crippen LogP contribution in [0.5, 0.6) is 5.75 Å². The fraction of sp³-hybridized carbons (Fsp3) is 0.125. The van der Waals surface area contributed by atoms with Crippen molar-refractivity contribution >= 4 is 34.8 Å². The van der Waals surface area contributed by atoms with Gasteiger partial charge in [0.15, 0.2) is 6.61 Å². The van der Waals surface area contributed by atoms with Gasteiger partial charge in [0, 0.05) is 11.8 Å². The second-order valence-electron chi connectivity index (χ2n) is 4.44. The molecular formula is C16H12Cl2N2O2. The van der Waals surface area contributed by atoms with E-state index in [2.05, 4.69) is 11.4 Å². The van der Waals surface area contributed by atoms with Gasteiger partial charge >= 0.3 is 0 Å². The van der Waals surface area contributed by atoms with Gasteiger partial charge in [0.2, 0.25) is 0 Å². The molecule has 2 rings (SSSR count). The predicted molar refractivity (Wildman–Crippen MR) is 86.3 cm³/mol. The van der Waals surface area contributed by atoms with E-state index in [9.17, 15) is 4.79 Å². The average molecular weight is 335 g/mol. The maximum Gasteiger partial charge on any atom is 0.262 e. The third-order valence-corrected chi connectivity index (χ3v) is 3.52. The van der Waals surface area contributed by atoms with E-state index in [1.54, 1.807) is 42.5 Å². The van der Waals surface area contributed by atoms with Crippen LogP contribution in [0.3, 0.4) is 0 Å².